The van der Waals surface area contributed by atoms with E-state index in [-0.39, 0.29) is 5.54 Å². The highest BCUT2D eigenvalue weighted by atomic mass is 15.1. The van der Waals surface area contributed by atoms with Gasteiger partial charge in [0.1, 0.15) is 0 Å². The van der Waals surface area contributed by atoms with Crippen molar-refractivity contribution in [1.29, 1.82) is 0 Å². The highest BCUT2D eigenvalue weighted by Crippen LogP contribution is 2.47. The van der Waals surface area contributed by atoms with Gasteiger partial charge in [-0.25, -0.2) is 0 Å². The second kappa shape index (κ2) is 4.08. The topological polar surface area (TPSA) is 29.3 Å². The molecule has 2 heteroatoms. The van der Waals surface area contributed by atoms with Gasteiger partial charge in [-0.2, -0.15) is 0 Å². The van der Waals surface area contributed by atoms with Crippen molar-refractivity contribution in [2.75, 3.05) is 14.1 Å². The van der Waals surface area contributed by atoms with Crippen LogP contribution in [0.1, 0.15) is 24.4 Å². The first-order valence-corrected chi connectivity index (χ1v) is 6.55. The SMILES string of the molecule is CN(C)C(c1cccc2ccccc12)C1(N)CC1. The maximum atomic E-state index is 6.47. The Balaban J connectivity index is 2.18. The lowest BCUT2D eigenvalue weighted by atomic mass is 9.92. The molecule has 2 aromatic rings. The van der Waals surface area contributed by atoms with Gasteiger partial charge in [0.05, 0.1) is 6.04 Å². The van der Waals surface area contributed by atoms with Crippen LogP contribution in [-0.4, -0.2) is 24.5 Å². The van der Waals surface area contributed by atoms with E-state index >= 15 is 0 Å². The average Bonchev–Trinajstić information content (AvgIpc) is 3.08. The molecule has 2 aromatic carbocycles. The van der Waals surface area contributed by atoms with Crippen LogP contribution in [0.5, 0.6) is 0 Å². The second-order valence-corrected chi connectivity index (χ2v) is 5.67. The standard InChI is InChI=1S/C16H20N2/c1-18(2)15(16(17)10-11-16)14-9-5-7-12-6-3-4-8-13(12)14/h3-9,15H,10-11,17H2,1-2H3. The summed E-state index contributed by atoms with van der Waals surface area (Å²) in [6.45, 7) is 0. The number of benzene rings is 2. The second-order valence-electron chi connectivity index (χ2n) is 5.67. The molecule has 0 aliphatic heterocycles. The zero-order valence-electron chi connectivity index (χ0n) is 11.1. The molecule has 0 radical (unpaired) electrons. The number of nitrogens with two attached hydrogens (primary N) is 1. The molecule has 94 valence electrons. The van der Waals surface area contributed by atoms with Crippen molar-refractivity contribution in [1.82, 2.24) is 4.90 Å². The van der Waals surface area contributed by atoms with Crippen molar-refractivity contribution in [3.63, 3.8) is 0 Å². The summed E-state index contributed by atoms with van der Waals surface area (Å²) in [6.07, 6.45) is 2.25. The maximum Gasteiger partial charge on any atom is 0.0529 e. The van der Waals surface area contributed by atoms with Crippen LogP contribution in [0.2, 0.25) is 0 Å². The minimum absolute atomic E-state index is 0.0341. The smallest absolute Gasteiger partial charge is 0.0529 e. The molecule has 0 heterocycles. The van der Waals surface area contributed by atoms with E-state index in [1.165, 1.54) is 16.3 Å². The first kappa shape index (κ1) is 11.7. The first-order chi connectivity index (χ1) is 8.62. The molecule has 0 bridgehead atoms. The molecule has 3 rings (SSSR count). The third-order valence-corrected chi connectivity index (χ3v) is 4.01. The molecule has 0 saturated heterocycles. The zero-order valence-corrected chi connectivity index (χ0v) is 11.1. The lowest BCUT2D eigenvalue weighted by Crippen LogP contribution is -2.39. The number of fused-ring (bicyclic) bond motifs is 1. The van der Waals surface area contributed by atoms with Crippen LogP contribution < -0.4 is 5.73 Å². The Kier molecular flexibility index (Phi) is 2.65. The molecule has 2 N–H and O–H groups in total. The van der Waals surface area contributed by atoms with Crippen molar-refractivity contribution in [3.05, 3.63) is 48.0 Å². The summed E-state index contributed by atoms with van der Waals surface area (Å²) in [4.78, 5) is 2.26. The van der Waals surface area contributed by atoms with Crippen molar-refractivity contribution in [2.45, 2.75) is 24.4 Å². The first-order valence-electron chi connectivity index (χ1n) is 6.55. The summed E-state index contributed by atoms with van der Waals surface area (Å²) in [5.74, 6) is 0. The Morgan fingerprint density at radius 1 is 1.06 bits per heavy atom. The summed E-state index contributed by atoms with van der Waals surface area (Å²) >= 11 is 0. The minimum atomic E-state index is -0.0341. The fourth-order valence-electron chi connectivity index (χ4n) is 3.01. The van der Waals surface area contributed by atoms with E-state index in [4.69, 9.17) is 5.73 Å². The van der Waals surface area contributed by atoms with Crippen molar-refractivity contribution >= 4 is 10.8 Å². The molecule has 1 saturated carbocycles. The molecule has 2 nitrogen and oxygen atoms in total. The molecule has 1 aliphatic rings. The fourth-order valence-corrected chi connectivity index (χ4v) is 3.01. The summed E-state index contributed by atoms with van der Waals surface area (Å²) in [6, 6.07) is 15.4. The van der Waals surface area contributed by atoms with Crippen LogP contribution in [0.25, 0.3) is 10.8 Å². The maximum absolute atomic E-state index is 6.47. The van der Waals surface area contributed by atoms with Crippen LogP contribution >= 0.6 is 0 Å². The van der Waals surface area contributed by atoms with E-state index in [0.29, 0.717) is 6.04 Å². The van der Waals surface area contributed by atoms with Crippen LogP contribution in [0, 0.1) is 0 Å². The third-order valence-electron chi connectivity index (χ3n) is 4.01. The number of nitrogens with zero attached hydrogens (tertiary/aromatic N) is 1. The van der Waals surface area contributed by atoms with E-state index in [2.05, 4.69) is 61.5 Å². The normalized spacial score (nSPS) is 19.1. The number of hydrogen-bond donors (Lipinski definition) is 1. The Labute approximate surface area is 108 Å². The van der Waals surface area contributed by atoms with Crippen LogP contribution in [0.3, 0.4) is 0 Å². The predicted octanol–water partition coefficient (Wildman–Crippen LogP) is 2.93. The molecule has 1 atom stereocenters. The molecular formula is C16H20N2. The number of hydrogen-bond acceptors (Lipinski definition) is 2. The van der Waals surface area contributed by atoms with E-state index in [0.717, 1.165) is 12.8 Å². The lowest BCUT2D eigenvalue weighted by molar-refractivity contribution is 0.247. The van der Waals surface area contributed by atoms with Crippen LogP contribution in [0.4, 0.5) is 0 Å². The van der Waals surface area contributed by atoms with Gasteiger partial charge in [0.25, 0.3) is 0 Å². The molecule has 0 spiro atoms. The molecule has 18 heavy (non-hydrogen) atoms. The highest BCUT2D eigenvalue weighted by Gasteiger charge is 2.47. The van der Waals surface area contributed by atoms with Crippen LogP contribution in [0.15, 0.2) is 42.5 Å². The summed E-state index contributed by atoms with van der Waals surface area (Å²) in [5, 5.41) is 2.63. The van der Waals surface area contributed by atoms with Gasteiger partial charge in [0.15, 0.2) is 0 Å². The quantitative estimate of drug-likeness (QED) is 0.893. The molecule has 1 aliphatic carbocycles. The van der Waals surface area contributed by atoms with Gasteiger partial charge in [-0.05, 0) is 43.3 Å². The Morgan fingerprint density at radius 2 is 1.72 bits per heavy atom. The summed E-state index contributed by atoms with van der Waals surface area (Å²) < 4.78 is 0. The van der Waals surface area contributed by atoms with E-state index in [9.17, 15) is 0 Å². The van der Waals surface area contributed by atoms with Gasteiger partial charge in [0, 0.05) is 5.54 Å². The van der Waals surface area contributed by atoms with Crippen molar-refractivity contribution < 1.29 is 0 Å². The van der Waals surface area contributed by atoms with E-state index in [1.807, 2.05) is 0 Å². The molecular weight excluding hydrogens is 220 g/mol. The van der Waals surface area contributed by atoms with E-state index in [1.54, 1.807) is 0 Å². The average molecular weight is 240 g/mol. The van der Waals surface area contributed by atoms with Crippen molar-refractivity contribution in [2.24, 2.45) is 5.73 Å². The van der Waals surface area contributed by atoms with Gasteiger partial charge in [-0.15, -0.1) is 0 Å². The summed E-state index contributed by atoms with van der Waals surface area (Å²) in [7, 11) is 4.25. The molecule has 1 unspecified atom stereocenters. The number of rotatable bonds is 3. The zero-order chi connectivity index (χ0) is 12.8. The van der Waals surface area contributed by atoms with Crippen molar-refractivity contribution in [3.8, 4) is 0 Å². The van der Waals surface area contributed by atoms with Gasteiger partial charge in [-0.3, -0.25) is 0 Å². The van der Waals surface area contributed by atoms with Gasteiger partial charge in [0.2, 0.25) is 0 Å². The molecule has 1 fully saturated rings. The predicted molar refractivity (Wildman–Crippen MR) is 76.5 cm³/mol. The van der Waals surface area contributed by atoms with Gasteiger partial charge < -0.3 is 10.6 Å². The van der Waals surface area contributed by atoms with E-state index < -0.39 is 0 Å². The number of likely N-dealkylation sites (N-methyl/N-ethyl adjacent to an activating group) is 1. The fraction of sp³-hybridized carbons (Fsp3) is 0.375. The monoisotopic (exact) mass is 240 g/mol. The minimum Gasteiger partial charge on any atom is -0.323 e. The highest BCUT2D eigenvalue weighted by molar-refractivity contribution is 5.86. The largest absolute Gasteiger partial charge is 0.323 e. The lowest BCUT2D eigenvalue weighted by Gasteiger charge is -2.31. The molecule has 0 amide bonds. The van der Waals surface area contributed by atoms with Gasteiger partial charge >= 0.3 is 0 Å². The summed E-state index contributed by atoms with van der Waals surface area (Å²) in [5.41, 5.74) is 7.80. The van der Waals surface area contributed by atoms with Gasteiger partial charge in [-0.1, -0.05) is 42.5 Å². The van der Waals surface area contributed by atoms with Crippen LogP contribution in [-0.2, 0) is 0 Å². The Bertz CT molecular complexity index is 565. The Hall–Kier alpha value is -1.38. The molecule has 0 aromatic heterocycles. The Morgan fingerprint density at radius 3 is 2.39 bits per heavy atom. The third kappa shape index (κ3) is 1.82.